The van der Waals surface area contributed by atoms with E-state index in [4.69, 9.17) is 0 Å². The number of hydrogen-bond acceptors (Lipinski definition) is 6. The van der Waals surface area contributed by atoms with Gasteiger partial charge >= 0.3 is 0 Å². The molecular formula is C19H25FN6O. The summed E-state index contributed by atoms with van der Waals surface area (Å²) in [5.41, 5.74) is 2.16. The van der Waals surface area contributed by atoms with Gasteiger partial charge in [0.05, 0.1) is 19.0 Å². The Hall–Kier alpha value is -2.74. The highest BCUT2D eigenvalue weighted by Crippen LogP contribution is 2.30. The second kappa shape index (κ2) is 7.87. The first kappa shape index (κ1) is 19.0. The summed E-state index contributed by atoms with van der Waals surface area (Å²) >= 11 is 0. The predicted octanol–water partition coefficient (Wildman–Crippen LogP) is 3.50. The van der Waals surface area contributed by atoms with Gasteiger partial charge in [0.25, 0.3) is 0 Å². The van der Waals surface area contributed by atoms with E-state index < -0.39 is 0 Å². The largest absolute Gasteiger partial charge is 0.394 e. The molecule has 0 bridgehead atoms. The predicted molar refractivity (Wildman–Crippen MR) is 105 cm³/mol. The molecule has 0 spiro atoms. The van der Waals surface area contributed by atoms with Crippen molar-refractivity contribution >= 4 is 28.6 Å². The Morgan fingerprint density at radius 2 is 1.93 bits per heavy atom. The molecule has 0 aliphatic rings. The fourth-order valence-corrected chi connectivity index (χ4v) is 2.82. The van der Waals surface area contributed by atoms with Crippen molar-refractivity contribution in [1.82, 2.24) is 19.5 Å². The number of nitrogens with zero attached hydrogens (tertiary/aromatic N) is 5. The van der Waals surface area contributed by atoms with Crippen LogP contribution < -0.4 is 10.2 Å². The van der Waals surface area contributed by atoms with E-state index in [1.165, 1.54) is 12.1 Å². The molecule has 0 fully saturated rings. The smallest absolute Gasteiger partial charge is 0.227 e. The summed E-state index contributed by atoms with van der Waals surface area (Å²) in [6.07, 6.45) is 2.49. The van der Waals surface area contributed by atoms with Gasteiger partial charge in [-0.3, -0.25) is 0 Å². The van der Waals surface area contributed by atoms with E-state index in [0.717, 1.165) is 12.1 Å². The van der Waals surface area contributed by atoms with E-state index in [2.05, 4.69) is 34.1 Å². The topological polar surface area (TPSA) is 79.1 Å². The Morgan fingerprint density at radius 1 is 1.22 bits per heavy atom. The molecule has 0 radical (unpaired) electrons. The van der Waals surface area contributed by atoms with Gasteiger partial charge in [0.15, 0.2) is 17.0 Å². The van der Waals surface area contributed by atoms with Crippen LogP contribution in [0.4, 0.5) is 21.8 Å². The maximum atomic E-state index is 13.3. The molecule has 3 aromatic rings. The number of aliphatic hydroxyl groups excluding tert-OH is 1. The van der Waals surface area contributed by atoms with Gasteiger partial charge in [-0.15, -0.1) is 0 Å². The first-order valence-corrected chi connectivity index (χ1v) is 9.05. The first-order chi connectivity index (χ1) is 12.9. The number of nitrogens with one attached hydrogen (secondary N) is 1. The van der Waals surface area contributed by atoms with Crippen molar-refractivity contribution in [3.8, 4) is 0 Å². The van der Waals surface area contributed by atoms with Gasteiger partial charge in [0, 0.05) is 18.8 Å². The molecule has 0 aliphatic carbocycles. The van der Waals surface area contributed by atoms with E-state index in [1.807, 2.05) is 23.4 Å². The molecule has 1 aromatic carbocycles. The highest BCUT2D eigenvalue weighted by molar-refractivity contribution is 5.87. The number of hydrogen-bond donors (Lipinski definition) is 2. The Bertz CT molecular complexity index is 904. The third-order valence-electron chi connectivity index (χ3n) is 4.54. The summed E-state index contributed by atoms with van der Waals surface area (Å²) in [5, 5.41) is 12.7. The third-order valence-corrected chi connectivity index (χ3v) is 4.54. The van der Waals surface area contributed by atoms with Gasteiger partial charge in [-0.05, 0) is 44.5 Å². The molecule has 144 valence electrons. The van der Waals surface area contributed by atoms with Gasteiger partial charge in [0.2, 0.25) is 5.95 Å². The summed E-state index contributed by atoms with van der Waals surface area (Å²) in [4.78, 5) is 15.6. The van der Waals surface area contributed by atoms with E-state index in [1.54, 1.807) is 18.5 Å². The van der Waals surface area contributed by atoms with Gasteiger partial charge in [-0.1, -0.05) is 6.92 Å². The van der Waals surface area contributed by atoms with Crippen molar-refractivity contribution in [2.75, 3.05) is 23.9 Å². The molecule has 3 rings (SSSR count). The number of aromatic nitrogens is 4. The van der Waals surface area contributed by atoms with Crippen LogP contribution in [0.3, 0.4) is 0 Å². The van der Waals surface area contributed by atoms with Crippen LogP contribution in [0.5, 0.6) is 0 Å². The number of aliphatic hydroxyl groups is 1. The molecule has 7 nitrogen and oxygen atoms in total. The lowest BCUT2D eigenvalue weighted by atomic mass is 10.2. The minimum Gasteiger partial charge on any atom is -0.394 e. The Labute approximate surface area is 157 Å². The molecule has 8 heteroatoms. The molecule has 0 saturated carbocycles. The number of benzene rings is 1. The normalized spacial score (nSPS) is 12.6. The van der Waals surface area contributed by atoms with Gasteiger partial charge in [-0.25, -0.2) is 9.37 Å². The van der Waals surface area contributed by atoms with Crippen LogP contribution in [-0.4, -0.2) is 44.3 Å². The van der Waals surface area contributed by atoms with Gasteiger partial charge in [-0.2, -0.15) is 9.97 Å². The van der Waals surface area contributed by atoms with E-state index in [-0.39, 0.29) is 24.5 Å². The Morgan fingerprint density at radius 3 is 2.52 bits per heavy atom. The minimum atomic E-state index is -0.292. The lowest BCUT2D eigenvalue weighted by molar-refractivity contribution is 0.271. The first-order valence-electron chi connectivity index (χ1n) is 9.05. The van der Waals surface area contributed by atoms with Crippen molar-refractivity contribution < 1.29 is 9.50 Å². The molecule has 2 aromatic heterocycles. The molecule has 0 amide bonds. The SMILES string of the molecule is CC[C@H](CO)Nc1nc(N(C)c2ccc(F)cc2)c2ncn(C(C)C)c2n1. The summed E-state index contributed by atoms with van der Waals surface area (Å²) in [7, 11) is 1.86. The number of rotatable bonds is 7. The molecular weight excluding hydrogens is 347 g/mol. The molecule has 0 aliphatic heterocycles. The van der Waals surface area contributed by atoms with Crippen LogP contribution in [0.1, 0.15) is 33.2 Å². The van der Waals surface area contributed by atoms with Crippen molar-refractivity contribution in [2.24, 2.45) is 0 Å². The van der Waals surface area contributed by atoms with Crippen LogP contribution in [0.15, 0.2) is 30.6 Å². The minimum absolute atomic E-state index is 0.00945. The monoisotopic (exact) mass is 372 g/mol. The van der Waals surface area contributed by atoms with Crippen LogP contribution in [0, 0.1) is 5.82 Å². The third kappa shape index (κ3) is 3.85. The van der Waals surface area contributed by atoms with Crippen molar-refractivity contribution in [2.45, 2.75) is 39.3 Å². The van der Waals surface area contributed by atoms with Crippen LogP contribution in [0.2, 0.25) is 0 Å². The maximum absolute atomic E-state index is 13.3. The molecule has 1 atom stereocenters. The Kier molecular flexibility index (Phi) is 5.55. The summed E-state index contributed by atoms with van der Waals surface area (Å²) < 4.78 is 15.3. The van der Waals surface area contributed by atoms with Gasteiger partial charge < -0.3 is 19.9 Å². The number of halogens is 1. The number of anilines is 3. The van der Waals surface area contributed by atoms with Crippen molar-refractivity contribution in [3.05, 3.63) is 36.4 Å². The Balaban J connectivity index is 2.12. The summed E-state index contributed by atoms with van der Waals surface area (Å²) in [6.45, 7) is 6.09. The molecule has 27 heavy (non-hydrogen) atoms. The number of imidazole rings is 1. The quantitative estimate of drug-likeness (QED) is 0.661. The fraction of sp³-hybridized carbons (Fsp3) is 0.421. The van der Waals surface area contributed by atoms with Crippen LogP contribution >= 0.6 is 0 Å². The average Bonchev–Trinajstić information content (AvgIpc) is 3.09. The average molecular weight is 372 g/mol. The molecule has 2 N–H and O–H groups in total. The lowest BCUT2D eigenvalue weighted by Gasteiger charge is -2.21. The zero-order valence-corrected chi connectivity index (χ0v) is 16.0. The molecule has 2 heterocycles. The van der Waals surface area contributed by atoms with Crippen LogP contribution in [0.25, 0.3) is 11.2 Å². The van der Waals surface area contributed by atoms with Crippen LogP contribution in [-0.2, 0) is 0 Å². The highest BCUT2D eigenvalue weighted by atomic mass is 19.1. The zero-order valence-electron chi connectivity index (χ0n) is 16.0. The van der Waals surface area contributed by atoms with Crippen molar-refractivity contribution in [1.29, 1.82) is 0 Å². The maximum Gasteiger partial charge on any atom is 0.227 e. The summed E-state index contributed by atoms with van der Waals surface area (Å²) in [6, 6.07) is 6.25. The number of fused-ring (bicyclic) bond motifs is 1. The second-order valence-corrected chi connectivity index (χ2v) is 6.76. The van der Waals surface area contributed by atoms with E-state index >= 15 is 0 Å². The second-order valence-electron chi connectivity index (χ2n) is 6.76. The van der Waals surface area contributed by atoms with Gasteiger partial charge in [0.1, 0.15) is 5.82 Å². The van der Waals surface area contributed by atoms with E-state index in [9.17, 15) is 9.50 Å². The lowest BCUT2D eigenvalue weighted by Crippen LogP contribution is -2.24. The summed E-state index contributed by atoms with van der Waals surface area (Å²) in [5.74, 6) is 0.747. The highest BCUT2D eigenvalue weighted by Gasteiger charge is 2.19. The molecule has 0 unspecified atom stereocenters. The zero-order chi connectivity index (χ0) is 19.6. The fourth-order valence-electron chi connectivity index (χ4n) is 2.82. The standard InChI is InChI=1S/C19H25FN6O/c1-5-14(10-27)22-19-23-17(25(4)15-8-6-13(20)7-9-15)16-18(24-19)26(11-21-16)12(2)3/h6-9,11-12,14,27H,5,10H2,1-4H3,(H,22,23,24)/t14-/m1/s1. The molecule has 0 saturated heterocycles. The van der Waals surface area contributed by atoms with Crippen molar-refractivity contribution in [3.63, 3.8) is 0 Å². The van der Waals surface area contributed by atoms with E-state index in [0.29, 0.717) is 22.9 Å².